The molecule has 4 rings (SSSR count). The Morgan fingerprint density at radius 3 is 2.69 bits per heavy atom. The van der Waals surface area contributed by atoms with Gasteiger partial charge in [0.05, 0.1) is 28.2 Å². The maximum Gasteiger partial charge on any atom is 0.219 e. The fraction of sp³-hybridized carbons (Fsp3) is 0.231. The van der Waals surface area contributed by atoms with Crippen LogP contribution in [0, 0.1) is 0 Å². The Hall–Kier alpha value is -3.91. The summed E-state index contributed by atoms with van der Waals surface area (Å²) in [6, 6.07) is 16.7. The van der Waals surface area contributed by atoms with Crippen molar-refractivity contribution >= 4 is 39.9 Å². The quantitative estimate of drug-likeness (QED) is 0.342. The summed E-state index contributed by atoms with van der Waals surface area (Å²) in [5, 5.41) is 4.51. The van der Waals surface area contributed by atoms with Crippen LogP contribution >= 0.6 is 11.6 Å². The largest absolute Gasteiger partial charge is 0.488 e. The Kier molecular flexibility index (Phi) is 7.62. The van der Waals surface area contributed by atoms with E-state index < -0.39 is 0 Å². The normalized spacial score (nSPS) is 11.7. The molecule has 180 valence electrons. The van der Waals surface area contributed by atoms with Gasteiger partial charge >= 0.3 is 0 Å². The van der Waals surface area contributed by atoms with E-state index in [4.69, 9.17) is 21.1 Å². The van der Waals surface area contributed by atoms with Crippen molar-refractivity contribution in [1.82, 2.24) is 19.9 Å². The molecule has 2 heterocycles. The van der Waals surface area contributed by atoms with Gasteiger partial charge in [-0.05, 0) is 49.4 Å². The highest BCUT2D eigenvalue weighted by Crippen LogP contribution is 2.34. The number of benzene rings is 2. The van der Waals surface area contributed by atoms with Crippen LogP contribution in [-0.2, 0) is 11.4 Å². The van der Waals surface area contributed by atoms with Crippen LogP contribution in [-0.4, -0.2) is 45.5 Å². The number of ether oxygens (including phenoxy) is 2. The summed E-state index contributed by atoms with van der Waals surface area (Å²) < 4.78 is 12.0. The standard InChI is InChI=1S/C26H26ClN5O3/c1-17(14-32(3)18(2)33)35-24-9-6-8-22-25(24)26(30-16-29-22)31-19-10-11-23(21(27)13-19)34-15-20-7-4-5-12-28-20/h4-13,16-17H,14-15H2,1-3H3,(H,29,30,31)/t17-/m0/s1. The zero-order chi connectivity index (χ0) is 24.8. The van der Waals surface area contributed by atoms with Gasteiger partial charge in [0.2, 0.25) is 5.91 Å². The summed E-state index contributed by atoms with van der Waals surface area (Å²) in [4.78, 5) is 26.3. The van der Waals surface area contributed by atoms with E-state index in [9.17, 15) is 4.79 Å². The van der Waals surface area contributed by atoms with Crippen LogP contribution < -0.4 is 14.8 Å². The summed E-state index contributed by atoms with van der Waals surface area (Å²) in [5.41, 5.74) is 2.28. The van der Waals surface area contributed by atoms with Crippen molar-refractivity contribution in [3.63, 3.8) is 0 Å². The molecule has 0 fully saturated rings. The second-order valence-electron chi connectivity index (χ2n) is 8.08. The third-order valence-corrected chi connectivity index (χ3v) is 5.61. The lowest BCUT2D eigenvalue weighted by molar-refractivity contribution is -0.128. The molecule has 0 spiro atoms. The van der Waals surface area contributed by atoms with Crippen molar-refractivity contribution in [2.75, 3.05) is 18.9 Å². The zero-order valence-corrected chi connectivity index (χ0v) is 20.5. The number of hydrogen-bond acceptors (Lipinski definition) is 7. The molecule has 0 unspecified atom stereocenters. The number of likely N-dealkylation sites (N-methyl/N-ethyl adjacent to an activating group) is 1. The number of aromatic nitrogens is 3. The van der Waals surface area contributed by atoms with E-state index in [1.165, 1.54) is 13.3 Å². The molecular weight excluding hydrogens is 466 g/mol. The summed E-state index contributed by atoms with van der Waals surface area (Å²) in [6.45, 7) is 4.22. The van der Waals surface area contributed by atoms with Gasteiger partial charge in [-0.1, -0.05) is 23.7 Å². The molecule has 2 aromatic carbocycles. The molecule has 0 bridgehead atoms. The first-order valence-electron chi connectivity index (χ1n) is 11.1. The molecule has 35 heavy (non-hydrogen) atoms. The zero-order valence-electron chi connectivity index (χ0n) is 19.7. The van der Waals surface area contributed by atoms with Gasteiger partial charge in [0.15, 0.2) is 0 Å². The summed E-state index contributed by atoms with van der Waals surface area (Å²) >= 11 is 6.48. The van der Waals surface area contributed by atoms with E-state index in [2.05, 4.69) is 20.3 Å². The van der Waals surface area contributed by atoms with Gasteiger partial charge in [0.1, 0.15) is 36.4 Å². The molecule has 0 aliphatic heterocycles. The number of nitrogens with zero attached hydrogens (tertiary/aromatic N) is 4. The lowest BCUT2D eigenvalue weighted by atomic mass is 10.2. The smallest absolute Gasteiger partial charge is 0.219 e. The summed E-state index contributed by atoms with van der Waals surface area (Å²) in [7, 11) is 1.74. The number of hydrogen-bond donors (Lipinski definition) is 1. The van der Waals surface area contributed by atoms with Crippen LogP contribution in [0.15, 0.2) is 67.1 Å². The van der Waals surface area contributed by atoms with Crippen LogP contribution in [0.1, 0.15) is 19.5 Å². The fourth-order valence-electron chi connectivity index (χ4n) is 3.51. The molecule has 2 aromatic heterocycles. The Morgan fingerprint density at radius 1 is 1.09 bits per heavy atom. The summed E-state index contributed by atoms with van der Waals surface area (Å²) in [6.07, 6.45) is 2.99. The number of anilines is 2. The van der Waals surface area contributed by atoms with E-state index in [0.717, 1.165) is 22.3 Å². The maximum atomic E-state index is 11.6. The molecule has 4 aromatic rings. The third-order valence-electron chi connectivity index (χ3n) is 5.32. The van der Waals surface area contributed by atoms with E-state index in [1.807, 2.05) is 49.4 Å². The lowest BCUT2D eigenvalue weighted by Gasteiger charge is -2.22. The fourth-order valence-corrected chi connectivity index (χ4v) is 3.74. The van der Waals surface area contributed by atoms with E-state index >= 15 is 0 Å². The lowest BCUT2D eigenvalue weighted by Crippen LogP contribution is -2.34. The van der Waals surface area contributed by atoms with Crippen molar-refractivity contribution in [1.29, 1.82) is 0 Å². The van der Waals surface area contributed by atoms with Crippen LogP contribution in [0.2, 0.25) is 5.02 Å². The molecule has 9 heteroatoms. The van der Waals surface area contributed by atoms with E-state index in [-0.39, 0.29) is 12.0 Å². The SMILES string of the molecule is CC(=O)N(C)C[C@H](C)Oc1cccc2ncnc(Nc3ccc(OCc4ccccn4)c(Cl)c3)c12. The molecular formula is C26H26ClN5O3. The highest BCUT2D eigenvalue weighted by atomic mass is 35.5. The molecule has 1 amide bonds. The van der Waals surface area contributed by atoms with Gasteiger partial charge in [-0.25, -0.2) is 9.97 Å². The minimum absolute atomic E-state index is 0.0200. The Balaban J connectivity index is 1.54. The Morgan fingerprint density at radius 2 is 1.94 bits per heavy atom. The van der Waals surface area contributed by atoms with E-state index in [1.54, 1.807) is 30.3 Å². The molecule has 0 aliphatic rings. The average molecular weight is 492 g/mol. The van der Waals surface area contributed by atoms with Gasteiger partial charge in [-0.2, -0.15) is 0 Å². The topological polar surface area (TPSA) is 89.5 Å². The number of fused-ring (bicyclic) bond motifs is 1. The number of halogens is 1. The number of amides is 1. The number of carbonyl (C=O) groups is 1. The Labute approximate surface area is 208 Å². The van der Waals surface area contributed by atoms with Gasteiger partial charge in [0.25, 0.3) is 0 Å². The van der Waals surface area contributed by atoms with Crippen LogP contribution in [0.3, 0.4) is 0 Å². The highest BCUT2D eigenvalue weighted by Gasteiger charge is 2.15. The van der Waals surface area contributed by atoms with Crippen molar-refractivity contribution in [2.24, 2.45) is 0 Å². The Bertz CT molecular complexity index is 1310. The van der Waals surface area contributed by atoms with Crippen LogP contribution in [0.4, 0.5) is 11.5 Å². The van der Waals surface area contributed by atoms with Crippen molar-refractivity contribution in [3.8, 4) is 11.5 Å². The molecule has 1 atom stereocenters. The molecule has 8 nitrogen and oxygen atoms in total. The molecule has 0 saturated carbocycles. The number of carbonyl (C=O) groups excluding carboxylic acids is 1. The van der Waals surface area contributed by atoms with Crippen molar-refractivity contribution in [3.05, 3.63) is 77.8 Å². The molecule has 0 aliphatic carbocycles. The molecule has 1 N–H and O–H groups in total. The second-order valence-corrected chi connectivity index (χ2v) is 8.49. The number of rotatable bonds is 9. The summed E-state index contributed by atoms with van der Waals surface area (Å²) in [5.74, 6) is 1.74. The molecule has 0 radical (unpaired) electrons. The van der Waals surface area contributed by atoms with Gasteiger partial charge in [-0.3, -0.25) is 9.78 Å². The molecule has 0 saturated heterocycles. The van der Waals surface area contributed by atoms with Gasteiger partial charge in [-0.15, -0.1) is 0 Å². The van der Waals surface area contributed by atoms with Crippen molar-refractivity contribution in [2.45, 2.75) is 26.6 Å². The second kappa shape index (κ2) is 11.0. The maximum absolute atomic E-state index is 11.6. The first kappa shape index (κ1) is 24.2. The minimum atomic E-state index is -0.229. The van der Waals surface area contributed by atoms with Gasteiger partial charge in [0, 0.05) is 25.9 Å². The van der Waals surface area contributed by atoms with Crippen LogP contribution in [0.5, 0.6) is 11.5 Å². The predicted molar refractivity (Wildman–Crippen MR) is 136 cm³/mol. The number of nitrogens with one attached hydrogen (secondary N) is 1. The first-order valence-corrected chi connectivity index (χ1v) is 11.5. The highest BCUT2D eigenvalue weighted by molar-refractivity contribution is 6.32. The first-order chi connectivity index (χ1) is 16.9. The predicted octanol–water partition coefficient (Wildman–Crippen LogP) is 5.25. The average Bonchev–Trinajstić information content (AvgIpc) is 2.84. The van der Waals surface area contributed by atoms with E-state index in [0.29, 0.717) is 35.5 Å². The number of pyridine rings is 1. The monoisotopic (exact) mass is 491 g/mol. The third kappa shape index (κ3) is 6.16. The van der Waals surface area contributed by atoms with Crippen LogP contribution in [0.25, 0.3) is 10.9 Å². The van der Waals surface area contributed by atoms with Crippen molar-refractivity contribution < 1.29 is 14.3 Å². The van der Waals surface area contributed by atoms with Gasteiger partial charge < -0.3 is 19.7 Å². The minimum Gasteiger partial charge on any atom is -0.488 e.